The highest BCUT2D eigenvalue weighted by Gasteiger charge is 2.23. The second-order valence-electron chi connectivity index (χ2n) is 8.75. The number of amides is 1. The molecule has 7 heteroatoms. The molecule has 1 fully saturated rings. The lowest BCUT2D eigenvalue weighted by molar-refractivity contribution is -0.117. The number of aryl methyl sites for hydroxylation is 2. The number of piperazine rings is 1. The summed E-state index contributed by atoms with van der Waals surface area (Å²) < 4.78 is 2.10. The minimum absolute atomic E-state index is 0.0200. The molecule has 0 aliphatic carbocycles. The van der Waals surface area contributed by atoms with Gasteiger partial charge in [-0.1, -0.05) is 37.3 Å². The predicted octanol–water partition coefficient (Wildman–Crippen LogP) is 3.99. The van der Waals surface area contributed by atoms with Crippen molar-refractivity contribution in [1.82, 2.24) is 14.3 Å². The number of para-hydroxylation sites is 3. The van der Waals surface area contributed by atoms with E-state index in [2.05, 4.69) is 44.6 Å². The molecular formula is C27H28N6O. The molecule has 1 aliphatic rings. The van der Waals surface area contributed by atoms with Gasteiger partial charge in [0.1, 0.15) is 11.9 Å². The van der Waals surface area contributed by atoms with Crippen LogP contribution >= 0.6 is 0 Å². The van der Waals surface area contributed by atoms with Gasteiger partial charge in [-0.2, -0.15) is 5.26 Å². The van der Waals surface area contributed by atoms with Gasteiger partial charge in [-0.3, -0.25) is 14.1 Å². The first kappa shape index (κ1) is 21.9. The smallest absolute Gasteiger partial charge is 0.238 e. The molecule has 0 bridgehead atoms. The van der Waals surface area contributed by atoms with E-state index in [0.29, 0.717) is 17.8 Å². The monoisotopic (exact) mass is 452 g/mol. The van der Waals surface area contributed by atoms with Gasteiger partial charge in [0, 0.05) is 31.9 Å². The number of nitrogens with zero attached hydrogens (tertiary/aromatic N) is 5. The maximum Gasteiger partial charge on any atom is 0.238 e. The van der Waals surface area contributed by atoms with Crippen LogP contribution < -0.4 is 10.2 Å². The van der Waals surface area contributed by atoms with Crippen LogP contribution in [0.5, 0.6) is 0 Å². The average molecular weight is 453 g/mol. The van der Waals surface area contributed by atoms with Gasteiger partial charge >= 0.3 is 0 Å². The molecule has 34 heavy (non-hydrogen) atoms. The van der Waals surface area contributed by atoms with Crippen LogP contribution in [0.2, 0.25) is 0 Å². The molecule has 1 amide bonds. The van der Waals surface area contributed by atoms with Crippen LogP contribution in [0, 0.1) is 18.3 Å². The summed E-state index contributed by atoms with van der Waals surface area (Å²) in [6.07, 6.45) is 0.885. The first-order valence-electron chi connectivity index (χ1n) is 11.7. The van der Waals surface area contributed by atoms with Crippen molar-refractivity contribution in [3.8, 4) is 6.07 Å². The fraction of sp³-hybridized carbons (Fsp3) is 0.296. The number of rotatable bonds is 5. The van der Waals surface area contributed by atoms with E-state index >= 15 is 0 Å². The van der Waals surface area contributed by atoms with E-state index in [9.17, 15) is 10.1 Å². The lowest BCUT2D eigenvalue weighted by Crippen LogP contribution is -2.49. The molecule has 7 nitrogen and oxygen atoms in total. The van der Waals surface area contributed by atoms with Crippen molar-refractivity contribution in [3.05, 3.63) is 71.3 Å². The molecule has 4 aromatic rings. The second-order valence-corrected chi connectivity index (χ2v) is 8.75. The van der Waals surface area contributed by atoms with Crippen molar-refractivity contribution in [2.45, 2.75) is 20.3 Å². The number of hydrogen-bond donors (Lipinski definition) is 1. The Hall–Kier alpha value is -3.89. The Labute approximate surface area is 199 Å². The third-order valence-electron chi connectivity index (χ3n) is 6.60. The van der Waals surface area contributed by atoms with E-state index in [1.807, 2.05) is 49.4 Å². The fourth-order valence-electron chi connectivity index (χ4n) is 4.78. The fourth-order valence-corrected chi connectivity index (χ4v) is 4.78. The van der Waals surface area contributed by atoms with E-state index in [1.54, 1.807) is 0 Å². The number of nitriles is 1. The minimum Gasteiger partial charge on any atom is -0.355 e. The molecule has 0 unspecified atom stereocenters. The largest absolute Gasteiger partial charge is 0.355 e. The van der Waals surface area contributed by atoms with Gasteiger partial charge < -0.3 is 10.2 Å². The number of fused-ring (bicyclic) bond motifs is 3. The summed E-state index contributed by atoms with van der Waals surface area (Å²) in [5.41, 5.74) is 6.17. The number of anilines is 2. The molecule has 0 spiro atoms. The molecular weight excluding hydrogens is 424 g/mol. The van der Waals surface area contributed by atoms with Crippen molar-refractivity contribution in [2.24, 2.45) is 0 Å². The van der Waals surface area contributed by atoms with E-state index in [1.165, 1.54) is 0 Å². The highest BCUT2D eigenvalue weighted by Crippen LogP contribution is 2.29. The van der Waals surface area contributed by atoms with Gasteiger partial charge in [-0.15, -0.1) is 0 Å². The van der Waals surface area contributed by atoms with E-state index < -0.39 is 0 Å². The molecule has 0 saturated carbocycles. The van der Waals surface area contributed by atoms with E-state index in [-0.39, 0.29) is 5.91 Å². The van der Waals surface area contributed by atoms with Gasteiger partial charge in [0.25, 0.3) is 0 Å². The summed E-state index contributed by atoms with van der Waals surface area (Å²) in [5.74, 6) is 1.06. The molecule has 2 aromatic heterocycles. The van der Waals surface area contributed by atoms with Crippen molar-refractivity contribution < 1.29 is 4.79 Å². The summed E-state index contributed by atoms with van der Waals surface area (Å²) in [6.45, 7) is 7.61. The first-order chi connectivity index (χ1) is 16.6. The number of aromatic nitrogens is 2. The van der Waals surface area contributed by atoms with Gasteiger partial charge in [0.15, 0.2) is 5.65 Å². The molecule has 0 atom stereocenters. The SMILES string of the molecule is CCc1ccccc1NC(=O)CN1CCN(c2cc(C)c(C#N)c3nc4ccccc4n23)CC1. The number of benzene rings is 2. The maximum absolute atomic E-state index is 12.7. The van der Waals surface area contributed by atoms with Crippen LogP contribution in [0.1, 0.15) is 23.6 Å². The molecule has 1 aliphatic heterocycles. The second kappa shape index (κ2) is 9.16. The van der Waals surface area contributed by atoms with E-state index in [0.717, 1.165) is 66.3 Å². The van der Waals surface area contributed by atoms with Crippen LogP contribution in [-0.2, 0) is 11.2 Å². The van der Waals surface area contributed by atoms with Gasteiger partial charge in [0.2, 0.25) is 5.91 Å². The third kappa shape index (κ3) is 3.97. The van der Waals surface area contributed by atoms with Crippen LogP contribution in [0.25, 0.3) is 16.7 Å². The number of imidazole rings is 1. The topological polar surface area (TPSA) is 76.7 Å². The Morgan fingerprint density at radius 2 is 1.82 bits per heavy atom. The maximum atomic E-state index is 12.7. The zero-order chi connectivity index (χ0) is 23.7. The zero-order valence-corrected chi connectivity index (χ0v) is 19.6. The quantitative estimate of drug-likeness (QED) is 0.496. The predicted molar refractivity (Wildman–Crippen MR) is 135 cm³/mol. The van der Waals surface area contributed by atoms with Crippen molar-refractivity contribution in [3.63, 3.8) is 0 Å². The number of carbonyl (C=O) groups excluding carboxylic acids is 1. The summed E-state index contributed by atoms with van der Waals surface area (Å²) >= 11 is 0. The lowest BCUT2D eigenvalue weighted by atomic mass is 10.1. The van der Waals surface area contributed by atoms with Crippen molar-refractivity contribution >= 4 is 34.1 Å². The van der Waals surface area contributed by atoms with Gasteiger partial charge in [0.05, 0.1) is 23.1 Å². The zero-order valence-electron chi connectivity index (χ0n) is 19.6. The van der Waals surface area contributed by atoms with E-state index in [4.69, 9.17) is 4.98 Å². The number of pyridine rings is 1. The Balaban J connectivity index is 1.34. The molecule has 3 heterocycles. The first-order valence-corrected chi connectivity index (χ1v) is 11.7. The van der Waals surface area contributed by atoms with Crippen molar-refractivity contribution in [2.75, 3.05) is 42.9 Å². The Morgan fingerprint density at radius 1 is 1.09 bits per heavy atom. The van der Waals surface area contributed by atoms with Gasteiger partial charge in [-0.25, -0.2) is 4.98 Å². The lowest BCUT2D eigenvalue weighted by Gasteiger charge is -2.36. The summed E-state index contributed by atoms with van der Waals surface area (Å²) in [5, 5.41) is 12.8. The normalized spacial score (nSPS) is 14.4. The molecule has 1 N–H and O–H groups in total. The number of hydrogen-bond acceptors (Lipinski definition) is 5. The molecule has 0 radical (unpaired) electrons. The third-order valence-corrected chi connectivity index (χ3v) is 6.60. The minimum atomic E-state index is 0.0200. The average Bonchev–Trinajstić information content (AvgIpc) is 3.23. The Kier molecular flexibility index (Phi) is 5.91. The summed E-state index contributed by atoms with van der Waals surface area (Å²) in [7, 11) is 0. The summed E-state index contributed by atoms with van der Waals surface area (Å²) in [4.78, 5) is 22.0. The van der Waals surface area contributed by atoms with Gasteiger partial charge in [-0.05, 0) is 48.7 Å². The molecule has 2 aromatic carbocycles. The highest BCUT2D eigenvalue weighted by molar-refractivity contribution is 5.93. The number of carbonyl (C=O) groups is 1. The number of nitrogens with one attached hydrogen (secondary N) is 1. The van der Waals surface area contributed by atoms with Crippen LogP contribution in [-0.4, -0.2) is 52.9 Å². The standard InChI is InChI=1S/C27H28N6O/c1-3-20-8-4-5-9-22(20)29-25(34)18-31-12-14-32(15-13-31)26-16-19(2)21(17-28)27-30-23-10-6-7-11-24(23)33(26)27/h4-11,16H,3,12-15,18H2,1-2H3,(H,29,34). The van der Waals surface area contributed by atoms with Crippen LogP contribution in [0.15, 0.2) is 54.6 Å². The van der Waals surface area contributed by atoms with Crippen LogP contribution in [0.4, 0.5) is 11.5 Å². The highest BCUT2D eigenvalue weighted by atomic mass is 16.2. The molecule has 5 rings (SSSR count). The van der Waals surface area contributed by atoms with Crippen molar-refractivity contribution in [1.29, 1.82) is 5.26 Å². The molecule has 172 valence electrons. The summed E-state index contributed by atoms with van der Waals surface area (Å²) in [6, 6.07) is 20.4. The Morgan fingerprint density at radius 3 is 2.59 bits per heavy atom. The van der Waals surface area contributed by atoms with Crippen LogP contribution in [0.3, 0.4) is 0 Å². The molecule has 1 saturated heterocycles. The Bertz CT molecular complexity index is 1410.